The average molecular weight is 250 g/mol. The van der Waals surface area contributed by atoms with Crippen LogP contribution in [0.3, 0.4) is 0 Å². The smallest absolute Gasteiger partial charge is 0.305 e. The van der Waals surface area contributed by atoms with Gasteiger partial charge in [0, 0.05) is 6.04 Å². The zero-order valence-corrected chi connectivity index (χ0v) is 10.2. The van der Waals surface area contributed by atoms with E-state index in [2.05, 4.69) is 20.4 Å². The van der Waals surface area contributed by atoms with Gasteiger partial charge in [0.2, 0.25) is 0 Å². The highest BCUT2D eigenvalue weighted by atomic mass is 16.5. The van der Waals surface area contributed by atoms with Crippen LogP contribution in [0.25, 0.3) is 11.1 Å². The van der Waals surface area contributed by atoms with E-state index in [-0.39, 0.29) is 12.5 Å². The molecule has 0 aliphatic heterocycles. The van der Waals surface area contributed by atoms with E-state index < -0.39 is 5.97 Å². The van der Waals surface area contributed by atoms with Crippen molar-refractivity contribution in [2.75, 3.05) is 5.32 Å². The number of aryl methyl sites for hydroxylation is 1. The summed E-state index contributed by atoms with van der Waals surface area (Å²) in [4.78, 5) is 18.8. The van der Waals surface area contributed by atoms with Gasteiger partial charge in [-0.05, 0) is 13.3 Å². The van der Waals surface area contributed by atoms with Gasteiger partial charge in [-0.25, -0.2) is 4.98 Å². The van der Waals surface area contributed by atoms with Crippen molar-refractivity contribution in [1.29, 1.82) is 0 Å². The van der Waals surface area contributed by atoms with Crippen molar-refractivity contribution in [3.63, 3.8) is 0 Å². The van der Waals surface area contributed by atoms with Gasteiger partial charge in [-0.2, -0.15) is 4.98 Å². The molecule has 18 heavy (non-hydrogen) atoms. The number of fused-ring (bicyclic) bond motifs is 1. The molecule has 2 heterocycles. The number of aliphatic carboxylic acids is 1. The van der Waals surface area contributed by atoms with Crippen molar-refractivity contribution in [3.05, 3.63) is 12.0 Å². The van der Waals surface area contributed by atoms with E-state index in [4.69, 9.17) is 9.63 Å². The van der Waals surface area contributed by atoms with Crippen LogP contribution < -0.4 is 5.32 Å². The summed E-state index contributed by atoms with van der Waals surface area (Å²) in [5.74, 6) is -0.284. The molecule has 2 aromatic rings. The van der Waals surface area contributed by atoms with Gasteiger partial charge in [0.05, 0.1) is 12.1 Å². The van der Waals surface area contributed by atoms with Gasteiger partial charge in [0.15, 0.2) is 0 Å². The Morgan fingerprint density at radius 3 is 3.00 bits per heavy atom. The van der Waals surface area contributed by atoms with Crippen LogP contribution in [0.2, 0.25) is 0 Å². The van der Waals surface area contributed by atoms with E-state index in [0.717, 1.165) is 0 Å². The normalized spacial score (nSPS) is 12.6. The van der Waals surface area contributed by atoms with Gasteiger partial charge in [0.25, 0.3) is 5.71 Å². The Bertz CT molecular complexity index is 566. The maximum absolute atomic E-state index is 10.7. The molecule has 0 fully saturated rings. The lowest BCUT2D eigenvalue weighted by molar-refractivity contribution is -0.137. The Morgan fingerprint density at radius 2 is 2.33 bits per heavy atom. The van der Waals surface area contributed by atoms with E-state index in [9.17, 15) is 4.79 Å². The first-order valence-electron chi connectivity index (χ1n) is 5.67. The minimum Gasteiger partial charge on any atom is -0.481 e. The topological polar surface area (TPSA) is 101 Å². The van der Waals surface area contributed by atoms with Crippen molar-refractivity contribution in [3.8, 4) is 0 Å². The van der Waals surface area contributed by atoms with Crippen LogP contribution >= 0.6 is 0 Å². The van der Waals surface area contributed by atoms with Crippen molar-refractivity contribution in [2.45, 2.75) is 32.7 Å². The third kappa shape index (κ3) is 2.39. The van der Waals surface area contributed by atoms with E-state index in [1.165, 1.54) is 6.33 Å². The first-order chi connectivity index (χ1) is 8.61. The SMILES string of the molecule is CCC(CC(=O)O)Nc1ncnc2onc(C)c12. The van der Waals surface area contributed by atoms with Gasteiger partial charge in [0.1, 0.15) is 17.5 Å². The maximum Gasteiger partial charge on any atom is 0.305 e. The van der Waals surface area contributed by atoms with Gasteiger partial charge in [-0.3, -0.25) is 4.79 Å². The molecule has 0 aliphatic rings. The molecule has 0 radical (unpaired) electrons. The molecule has 0 saturated carbocycles. The highest BCUT2D eigenvalue weighted by molar-refractivity contribution is 5.87. The first kappa shape index (κ1) is 12.3. The molecule has 0 bridgehead atoms. The number of rotatable bonds is 5. The molecule has 1 unspecified atom stereocenters. The van der Waals surface area contributed by atoms with Crippen molar-refractivity contribution >= 4 is 22.9 Å². The predicted molar refractivity (Wildman–Crippen MR) is 64.3 cm³/mol. The summed E-state index contributed by atoms with van der Waals surface area (Å²) >= 11 is 0. The van der Waals surface area contributed by atoms with Crippen LogP contribution in [0, 0.1) is 6.92 Å². The van der Waals surface area contributed by atoms with Crippen LogP contribution in [0.15, 0.2) is 10.9 Å². The number of aromatic nitrogens is 3. The zero-order chi connectivity index (χ0) is 13.1. The number of nitrogens with zero attached hydrogens (tertiary/aromatic N) is 3. The molecule has 2 rings (SSSR count). The fourth-order valence-corrected chi connectivity index (χ4v) is 1.73. The Labute approximate surface area is 103 Å². The predicted octanol–water partition coefficient (Wildman–Crippen LogP) is 1.59. The fourth-order valence-electron chi connectivity index (χ4n) is 1.73. The quantitative estimate of drug-likeness (QED) is 0.830. The molecule has 96 valence electrons. The molecule has 7 heteroatoms. The Morgan fingerprint density at radius 1 is 1.56 bits per heavy atom. The summed E-state index contributed by atoms with van der Waals surface area (Å²) < 4.78 is 5.03. The van der Waals surface area contributed by atoms with Gasteiger partial charge >= 0.3 is 5.97 Å². The molecule has 0 amide bonds. The Hall–Kier alpha value is -2.18. The van der Waals surface area contributed by atoms with Crippen LogP contribution in [-0.2, 0) is 4.79 Å². The summed E-state index contributed by atoms with van der Waals surface area (Å²) in [6.45, 7) is 3.71. The number of carbonyl (C=O) groups is 1. The van der Waals surface area contributed by atoms with E-state index in [1.807, 2.05) is 6.92 Å². The second-order valence-corrected chi connectivity index (χ2v) is 4.02. The molecular weight excluding hydrogens is 236 g/mol. The summed E-state index contributed by atoms with van der Waals surface area (Å²) in [5, 5.41) is 16.4. The highest BCUT2D eigenvalue weighted by Crippen LogP contribution is 2.23. The Balaban J connectivity index is 2.30. The maximum atomic E-state index is 10.7. The fraction of sp³-hybridized carbons (Fsp3) is 0.455. The van der Waals surface area contributed by atoms with E-state index in [0.29, 0.717) is 29.0 Å². The van der Waals surface area contributed by atoms with Crippen LogP contribution in [0.4, 0.5) is 5.82 Å². The second-order valence-electron chi connectivity index (χ2n) is 4.02. The van der Waals surface area contributed by atoms with Crippen molar-refractivity contribution in [2.24, 2.45) is 0 Å². The van der Waals surface area contributed by atoms with Crippen molar-refractivity contribution < 1.29 is 14.4 Å². The number of hydrogen-bond donors (Lipinski definition) is 2. The van der Waals surface area contributed by atoms with Gasteiger partial charge in [-0.15, -0.1) is 0 Å². The third-order valence-electron chi connectivity index (χ3n) is 2.70. The molecule has 0 aliphatic carbocycles. The lowest BCUT2D eigenvalue weighted by Gasteiger charge is -2.15. The van der Waals surface area contributed by atoms with E-state index in [1.54, 1.807) is 6.92 Å². The summed E-state index contributed by atoms with van der Waals surface area (Å²) in [7, 11) is 0. The summed E-state index contributed by atoms with van der Waals surface area (Å²) in [6, 6.07) is -0.185. The minimum atomic E-state index is -0.846. The number of anilines is 1. The van der Waals surface area contributed by atoms with Crippen molar-refractivity contribution in [1.82, 2.24) is 15.1 Å². The van der Waals surface area contributed by atoms with Gasteiger partial charge < -0.3 is 14.9 Å². The molecule has 1 atom stereocenters. The van der Waals surface area contributed by atoms with E-state index >= 15 is 0 Å². The van der Waals surface area contributed by atoms with Crippen LogP contribution in [0.1, 0.15) is 25.5 Å². The zero-order valence-electron chi connectivity index (χ0n) is 10.2. The number of hydrogen-bond acceptors (Lipinski definition) is 6. The lowest BCUT2D eigenvalue weighted by atomic mass is 10.1. The molecule has 2 N–H and O–H groups in total. The molecule has 0 spiro atoms. The monoisotopic (exact) mass is 250 g/mol. The molecule has 7 nitrogen and oxygen atoms in total. The Kier molecular flexibility index (Phi) is 3.40. The molecular formula is C11H14N4O3. The molecule has 0 saturated heterocycles. The summed E-state index contributed by atoms with van der Waals surface area (Å²) in [6.07, 6.45) is 2.08. The molecule has 2 aromatic heterocycles. The average Bonchev–Trinajstić information content (AvgIpc) is 2.71. The lowest BCUT2D eigenvalue weighted by Crippen LogP contribution is -2.23. The first-order valence-corrected chi connectivity index (χ1v) is 5.67. The van der Waals surface area contributed by atoms with Crippen LogP contribution in [-0.4, -0.2) is 32.2 Å². The highest BCUT2D eigenvalue weighted by Gasteiger charge is 2.16. The standard InChI is InChI=1S/C11H14N4O3/c1-3-7(4-8(16)17)14-10-9-6(2)15-18-11(9)13-5-12-10/h5,7H,3-4H2,1-2H3,(H,16,17)(H,12,13,14). The summed E-state index contributed by atoms with van der Waals surface area (Å²) in [5.41, 5.74) is 1.08. The minimum absolute atomic E-state index is 0.0341. The van der Waals surface area contributed by atoms with Crippen LogP contribution in [0.5, 0.6) is 0 Å². The second kappa shape index (κ2) is 4.99. The number of nitrogens with one attached hydrogen (secondary N) is 1. The number of carboxylic acid groups (broad SMARTS) is 1. The number of carboxylic acids is 1. The largest absolute Gasteiger partial charge is 0.481 e. The van der Waals surface area contributed by atoms with Gasteiger partial charge in [-0.1, -0.05) is 12.1 Å². The third-order valence-corrected chi connectivity index (χ3v) is 2.70. The molecule has 0 aromatic carbocycles.